The predicted octanol–water partition coefficient (Wildman–Crippen LogP) is -0.257. The largest absolute Gasteiger partial charge is 0.378 e. The van der Waals surface area contributed by atoms with Crippen molar-refractivity contribution in [3.05, 3.63) is 33.7 Å². The average Bonchev–Trinajstić information content (AvgIpc) is 3.05. The molecule has 1 saturated heterocycles. The molecule has 1 unspecified atom stereocenters. The topological polar surface area (TPSA) is 96.2 Å². The molecule has 3 heterocycles. The molecule has 0 radical (unpaired) electrons. The number of thiazole rings is 1. The summed E-state index contributed by atoms with van der Waals surface area (Å²) in [7, 11) is -0.451. The number of fused-ring (bicyclic) bond motifs is 1. The minimum Gasteiger partial charge on any atom is -0.378 e. The highest BCUT2D eigenvalue weighted by Gasteiger charge is 2.24. The fraction of sp³-hybridized carbons (Fsp3) is 0.600. The maximum atomic E-state index is 12.1. The van der Waals surface area contributed by atoms with Crippen molar-refractivity contribution in [1.82, 2.24) is 23.3 Å². The number of morpholine rings is 1. The zero-order chi connectivity index (χ0) is 18.7. The Hall–Kier alpha value is -1.37. The van der Waals surface area contributed by atoms with Crippen LogP contribution in [0, 0.1) is 0 Å². The molecule has 11 heteroatoms. The second kappa shape index (κ2) is 8.11. The maximum Gasteiger partial charge on any atom is 0.278 e. The molecule has 0 amide bonds. The van der Waals surface area contributed by atoms with Crippen molar-refractivity contribution < 1.29 is 13.2 Å². The van der Waals surface area contributed by atoms with Crippen molar-refractivity contribution in [2.75, 3.05) is 40.4 Å². The van der Waals surface area contributed by atoms with Gasteiger partial charge in [0.25, 0.3) is 15.8 Å². The van der Waals surface area contributed by atoms with Crippen LogP contribution in [-0.2, 0) is 21.5 Å². The van der Waals surface area contributed by atoms with Gasteiger partial charge in [-0.1, -0.05) is 0 Å². The van der Waals surface area contributed by atoms with E-state index < -0.39 is 10.2 Å². The average molecular weight is 402 g/mol. The Kier molecular flexibility index (Phi) is 6.05. The number of aromatic nitrogens is 2. The molecule has 0 saturated carbocycles. The van der Waals surface area contributed by atoms with E-state index in [9.17, 15) is 13.2 Å². The molecule has 0 aromatic carbocycles. The van der Waals surface area contributed by atoms with Crippen LogP contribution in [0.1, 0.15) is 12.1 Å². The number of hydrogen-bond donors (Lipinski definition) is 1. The summed E-state index contributed by atoms with van der Waals surface area (Å²) in [5.74, 6) is 0. The normalized spacial score (nSPS) is 19.4. The van der Waals surface area contributed by atoms with Crippen LogP contribution in [0.2, 0.25) is 0 Å². The molecule has 1 atom stereocenters. The molecule has 1 fully saturated rings. The smallest absolute Gasteiger partial charge is 0.278 e. The van der Waals surface area contributed by atoms with E-state index in [1.54, 1.807) is 12.3 Å². The molecule has 0 spiro atoms. The summed E-state index contributed by atoms with van der Waals surface area (Å²) in [6.45, 7) is 2.73. The molecular weight excluding hydrogens is 378 g/mol. The minimum atomic E-state index is -3.43. The second-order valence-electron chi connectivity index (χ2n) is 6.31. The molecule has 1 N–H and O–H groups in total. The molecule has 0 bridgehead atoms. The van der Waals surface area contributed by atoms with Gasteiger partial charge in [-0.25, -0.2) is 9.71 Å². The number of hydrogen-bond acceptors (Lipinski definition) is 7. The van der Waals surface area contributed by atoms with Crippen molar-refractivity contribution in [3.63, 3.8) is 0 Å². The number of nitrogens with zero attached hydrogens (tertiary/aromatic N) is 4. The van der Waals surface area contributed by atoms with Gasteiger partial charge >= 0.3 is 0 Å². The lowest BCUT2D eigenvalue weighted by Crippen LogP contribution is -2.47. The van der Waals surface area contributed by atoms with Crippen molar-refractivity contribution in [1.29, 1.82) is 0 Å². The van der Waals surface area contributed by atoms with Gasteiger partial charge in [0.2, 0.25) is 0 Å². The fourth-order valence-electron chi connectivity index (χ4n) is 2.82. The van der Waals surface area contributed by atoms with E-state index in [0.717, 1.165) is 16.5 Å². The second-order valence-corrected chi connectivity index (χ2v) is 9.15. The van der Waals surface area contributed by atoms with E-state index in [-0.39, 0.29) is 11.6 Å². The summed E-state index contributed by atoms with van der Waals surface area (Å²) in [5, 5.41) is 1.84. The summed E-state index contributed by atoms with van der Waals surface area (Å²) >= 11 is 1.43. The van der Waals surface area contributed by atoms with Gasteiger partial charge in [-0.05, 0) is 6.42 Å². The van der Waals surface area contributed by atoms with E-state index in [1.807, 2.05) is 5.38 Å². The summed E-state index contributed by atoms with van der Waals surface area (Å²) in [6.07, 6.45) is 2.33. The van der Waals surface area contributed by atoms with E-state index >= 15 is 0 Å². The highest BCUT2D eigenvalue weighted by molar-refractivity contribution is 7.87. The third kappa shape index (κ3) is 4.48. The van der Waals surface area contributed by atoms with E-state index in [4.69, 9.17) is 4.74 Å². The Bertz CT molecular complexity index is 908. The summed E-state index contributed by atoms with van der Waals surface area (Å²) in [6, 6.07) is 1.62. The molecule has 0 aliphatic carbocycles. The molecule has 144 valence electrons. The van der Waals surface area contributed by atoms with Crippen molar-refractivity contribution in [3.8, 4) is 0 Å². The van der Waals surface area contributed by atoms with Crippen molar-refractivity contribution >= 4 is 26.5 Å². The summed E-state index contributed by atoms with van der Waals surface area (Å²) in [4.78, 5) is 19.6. The molecule has 9 nitrogen and oxygen atoms in total. The summed E-state index contributed by atoms with van der Waals surface area (Å²) in [5.41, 5.74) is 0.632. The van der Waals surface area contributed by atoms with Gasteiger partial charge in [0.15, 0.2) is 4.96 Å². The van der Waals surface area contributed by atoms with Gasteiger partial charge < -0.3 is 4.74 Å². The Balaban J connectivity index is 1.65. The number of nitrogens with one attached hydrogen (secondary N) is 1. The molecule has 1 aliphatic heterocycles. The first kappa shape index (κ1) is 19.4. The predicted molar refractivity (Wildman–Crippen MR) is 99.6 cm³/mol. The van der Waals surface area contributed by atoms with Gasteiger partial charge in [0.1, 0.15) is 0 Å². The minimum absolute atomic E-state index is 0.0669. The van der Waals surface area contributed by atoms with Gasteiger partial charge in [0.05, 0.1) is 18.9 Å². The van der Waals surface area contributed by atoms with Crippen LogP contribution in [0.25, 0.3) is 4.96 Å². The zero-order valence-electron chi connectivity index (χ0n) is 14.8. The Morgan fingerprint density at radius 2 is 2.27 bits per heavy atom. The lowest BCUT2D eigenvalue weighted by molar-refractivity contribution is -0.0144. The first-order valence-corrected chi connectivity index (χ1v) is 10.6. The van der Waals surface area contributed by atoms with Crippen LogP contribution < -0.4 is 10.3 Å². The standard InChI is InChI=1S/C15H23N5O4S2/c1-18(2)26(22,23)16-4-3-13-11-24-7-5-19(13)10-12-9-14(21)20-6-8-25-15(20)17-12/h6,8-9,13,16H,3-5,7,10-11H2,1-2H3. The van der Waals surface area contributed by atoms with Crippen LogP contribution in [0.3, 0.4) is 0 Å². The third-order valence-electron chi connectivity index (χ3n) is 4.31. The highest BCUT2D eigenvalue weighted by Crippen LogP contribution is 2.15. The van der Waals surface area contributed by atoms with Crippen molar-refractivity contribution in [2.24, 2.45) is 0 Å². The molecule has 2 aromatic heterocycles. The lowest BCUT2D eigenvalue weighted by atomic mass is 10.1. The third-order valence-corrected chi connectivity index (χ3v) is 6.60. The van der Waals surface area contributed by atoms with E-state index in [1.165, 1.54) is 29.8 Å². The number of rotatable bonds is 7. The van der Waals surface area contributed by atoms with Gasteiger partial charge in [-0.15, -0.1) is 11.3 Å². The molecule has 26 heavy (non-hydrogen) atoms. The lowest BCUT2D eigenvalue weighted by Gasteiger charge is -2.35. The van der Waals surface area contributed by atoms with Gasteiger partial charge in [-0.3, -0.25) is 14.1 Å². The van der Waals surface area contributed by atoms with Crippen LogP contribution in [0.4, 0.5) is 0 Å². The van der Waals surface area contributed by atoms with Crippen molar-refractivity contribution in [2.45, 2.75) is 19.0 Å². The number of ether oxygens (including phenoxy) is 1. The SMILES string of the molecule is CN(C)S(=O)(=O)NCCC1COCCN1Cc1cc(=O)n2ccsc2n1. The van der Waals surface area contributed by atoms with E-state index in [2.05, 4.69) is 14.6 Å². The Labute approximate surface area is 156 Å². The van der Waals surface area contributed by atoms with Crippen LogP contribution >= 0.6 is 11.3 Å². The van der Waals surface area contributed by atoms with Crippen LogP contribution in [0.5, 0.6) is 0 Å². The van der Waals surface area contributed by atoms with E-state index in [0.29, 0.717) is 37.7 Å². The molecular formula is C15H23N5O4S2. The molecule has 3 rings (SSSR count). The van der Waals surface area contributed by atoms with Crippen LogP contribution in [-0.4, -0.2) is 73.4 Å². The Morgan fingerprint density at radius 3 is 3.04 bits per heavy atom. The quantitative estimate of drug-likeness (QED) is 0.687. The summed E-state index contributed by atoms with van der Waals surface area (Å²) < 4.78 is 34.4. The first-order valence-electron chi connectivity index (χ1n) is 8.31. The molecule has 2 aromatic rings. The molecule has 1 aliphatic rings. The van der Waals surface area contributed by atoms with Gasteiger partial charge in [-0.2, -0.15) is 12.7 Å². The van der Waals surface area contributed by atoms with Crippen LogP contribution in [0.15, 0.2) is 22.4 Å². The zero-order valence-corrected chi connectivity index (χ0v) is 16.4. The monoisotopic (exact) mass is 401 g/mol. The fourth-order valence-corrected chi connectivity index (χ4v) is 4.20. The highest BCUT2D eigenvalue weighted by atomic mass is 32.2. The Morgan fingerprint density at radius 1 is 1.46 bits per heavy atom. The maximum absolute atomic E-state index is 12.1. The first-order chi connectivity index (χ1) is 12.4. The van der Waals surface area contributed by atoms with Gasteiger partial charge in [0, 0.05) is 57.4 Å².